The van der Waals surface area contributed by atoms with Crippen LogP contribution in [0.3, 0.4) is 0 Å². The molecule has 0 aliphatic carbocycles. The number of hydrogen-bond acceptors (Lipinski definition) is 3. The quantitative estimate of drug-likeness (QED) is 0.779. The van der Waals surface area contributed by atoms with E-state index in [4.69, 9.17) is 9.90 Å². The Morgan fingerprint density at radius 1 is 1.35 bits per heavy atom. The van der Waals surface area contributed by atoms with Crippen LogP contribution in [0.25, 0.3) is 10.9 Å². The van der Waals surface area contributed by atoms with Crippen LogP contribution in [0, 0.1) is 0 Å². The second kappa shape index (κ2) is 7.31. The number of halogens is 4. The molecule has 1 fully saturated rings. The zero-order chi connectivity index (χ0) is 17.0. The topological polar surface area (TPSA) is 67.2 Å². The van der Waals surface area contributed by atoms with Gasteiger partial charge in [0.25, 0.3) is 0 Å². The molecular weight excluding hydrogens is 379 g/mol. The predicted octanol–water partition coefficient (Wildman–Crippen LogP) is 3.36. The van der Waals surface area contributed by atoms with E-state index in [1.807, 2.05) is 6.20 Å². The average Bonchev–Trinajstić information content (AvgIpc) is 2.90. The first-order chi connectivity index (χ1) is 10.8. The fraction of sp³-hybridized carbons (Fsp3) is 0.429. The Hall–Kier alpha value is -1.61. The number of benzene rings is 1. The largest absolute Gasteiger partial charge is 0.490 e. The first-order valence-corrected chi connectivity index (χ1v) is 7.72. The lowest BCUT2D eigenvalue weighted by atomic mass is 10.1. The van der Waals surface area contributed by atoms with Crippen molar-refractivity contribution in [1.29, 1.82) is 0 Å². The van der Waals surface area contributed by atoms with E-state index in [0.717, 1.165) is 17.6 Å². The molecular formula is C14H15BrF3N3O2. The summed E-state index contributed by atoms with van der Waals surface area (Å²) in [5.74, 6) is -2.76. The van der Waals surface area contributed by atoms with Gasteiger partial charge in [-0.15, -0.1) is 0 Å². The van der Waals surface area contributed by atoms with Crippen molar-refractivity contribution >= 4 is 32.8 Å². The monoisotopic (exact) mass is 393 g/mol. The number of hydrogen-bond donors (Lipinski definition) is 2. The van der Waals surface area contributed by atoms with Crippen molar-refractivity contribution in [3.05, 3.63) is 28.9 Å². The highest BCUT2D eigenvalue weighted by molar-refractivity contribution is 9.10. The molecule has 23 heavy (non-hydrogen) atoms. The van der Waals surface area contributed by atoms with Crippen LogP contribution in [-0.2, 0) is 4.79 Å². The molecule has 0 amide bonds. The maximum absolute atomic E-state index is 10.6. The lowest BCUT2D eigenvalue weighted by molar-refractivity contribution is -0.192. The molecule has 1 saturated heterocycles. The normalized spacial score (nSPS) is 16.0. The van der Waals surface area contributed by atoms with Crippen LogP contribution in [-0.4, -0.2) is 40.1 Å². The zero-order valence-corrected chi connectivity index (χ0v) is 13.6. The number of carbonyl (C=O) groups is 1. The third kappa shape index (κ3) is 4.68. The molecule has 0 unspecified atom stereocenters. The molecule has 9 heteroatoms. The smallest absolute Gasteiger partial charge is 0.475 e. The molecule has 1 aliphatic rings. The molecule has 1 aliphatic heterocycles. The van der Waals surface area contributed by atoms with E-state index in [1.165, 1.54) is 23.7 Å². The first kappa shape index (κ1) is 17.7. The Kier molecular flexibility index (Phi) is 5.64. The number of aliphatic carboxylic acids is 1. The number of rotatable bonds is 1. The van der Waals surface area contributed by atoms with Gasteiger partial charge in [0.2, 0.25) is 0 Å². The summed E-state index contributed by atoms with van der Waals surface area (Å²) in [5.41, 5.74) is 1.25. The van der Waals surface area contributed by atoms with Crippen LogP contribution < -0.4 is 5.32 Å². The van der Waals surface area contributed by atoms with Gasteiger partial charge < -0.3 is 10.4 Å². The van der Waals surface area contributed by atoms with Crippen LogP contribution >= 0.6 is 15.9 Å². The minimum Gasteiger partial charge on any atom is -0.475 e. The van der Waals surface area contributed by atoms with Crippen molar-refractivity contribution in [2.75, 3.05) is 13.1 Å². The van der Waals surface area contributed by atoms with Gasteiger partial charge >= 0.3 is 12.1 Å². The summed E-state index contributed by atoms with van der Waals surface area (Å²) in [7, 11) is 0. The maximum atomic E-state index is 10.6. The summed E-state index contributed by atoms with van der Waals surface area (Å²) < 4.78 is 35.0. The second-order valence-corrected chi connectivity index (χ2v) is 5.99. The number of piperidine rings is 1. The van der Waals surface area contributed by atoms with Crippen LogP contribution in [0.5, 0.6) is 0 Å². The Morgan fingerprint density at radius 3 is 2.52 bits per heavy atom. The molecule has 2 N–H and O–H groups in total. The molecule has 0 saturated carbocycles. The van der Waals surface area contributed by atoms with E-state index in [2.05, 4.69) is 49.2 Å². The van der Waals surface area contributed by atoms with Crippen LogP contribution in [0.4, 0.5) is 13.2 Å². The number of carboxylic acids is 1. The van der Waals surface area contributed by atoms with E-state index in [0.29, 0.717) is 6.04 Å². The van der Waals surface area contributed by atoms with Crippen molar-refractivity contribution in [3.63, 3.8) is 0 Å². The average molecular weight is 394 g/mol. The van der Waals surface area contributed by atoms with E-state index < -0.39 is 12.1 Å². The van der Waals surface area contributed by atoms with Gasteiger partial charge in [0.1, 0.15) is 0 Å². The van der Waals surface area contributed by atoms with Gasteiger partial charge in [0.15, 0.2) is 0 Å². The lowest BCUT2D eigenvalue weighted by Crippen LogP contribution is -2.29. The first-order valence-electron chi connectivity index (χ1n) is 6.92. The number of fused-ring (bicyclic) bond motifs is 1. The van der Waals surface area contributed by atoms with Crippen molar-refractivity contribution in [2.45, 2.75) is 25.1 Å². The van der Waals surface area contributed by atoms with Crippen LogP contribution in [0.1, 0.15) is 18.9 Å². The van der Waals surface area contributed by atoms with Gasteiger partial charge in [-0.3, -0.25) is 4.68 Å². The molecule has 0 bridgehead atoms. The van der Waals surface area contributed by atoms with Gasteiger partial charge in [-0.2, -0.15) is 18.3 Å². The summed E-state index contributed by atoms with van der Waals surface area (Å²) in [6, 6.07) is 6.91. The number of carboxylic acid groups (broad SMARTS) is 1. The minimum atomic E-state index is -5.08. The van der Waals surface area contributed by atoms with Gasteiger partial charge in [0, 0.05) is 9.86 Å². The third-order valence-electron chi connectivity index (χ3n) is 3.45. The predicted molar refractivity (Wildman–Crippen MR) is 82.3 cm³/mol. The fourth-order valence-electron chi connectivity index (χ4n) is 2.37. The van der Waals surface area contributed by atoms with E-state index in [9.17, 15) is 13.2 Å². The molecule has 1 aromatic heterocycles. The van der Waals surface area contributed by atoms with Crippen molar-refractivity contribution in [1.82, 2.24) is 15.1 Å². The van der Waals surface area contributed by atoms with Gasteiger partial charge in [-0.1, -0.05) is 15.9 Å². The number of alkyl halides is 3. The van der Waals surface area contributed by atoms with Gasteiger partial charge in [0.05, 0.1) is 17.8 Å². The molecule has 0 spiro atoms. The molecule has 126 valence electrons. The van der Waals surface area contributed by atoms with Gasteiger partial charge in [-0.05, 0) is 44.1 Å². The molecule has 0 atom stereocenters. The number of nitrogens with zero attached hydrogens (tertiary/aromatic N) is 2. The minimum absolute atomic E-state index is 0.555. The molecule has 5 nitrogen and oxygen atoms in total. The van der Waals surface area contributed by atoms with Gasteiger partial charge in [-0.25, -0.2) is 4.79 Å². The Balaban J connectivity index is 0.000000236. The highest BCUT2D eigenvalue weighted by Crippen LogP contribution is 2.25. The summed E-state index contributed by atoms with van der Waals surface area (Å²) >= 11 is 3.49. The molecule has 2 heterocycles. The van der Waals surface area contributed by atoms with E-state index >= 15 is 0 Å². The highest BCUT2D eigenvalue weighted by Gasteiger charge is 2.38. The highest BCUT2D eigenvalue weighted by atomic mass is 79.9. The van der Waals surface area contributed by atoms with Crippen molar-refractivity contribution < 1.29 is 23.1 Å². The van der Waals surface area contributed by atoms with Crippen molar-refractivity contribution in [3.8, 4) is 0 Å². The fourth-order valence-corrected chi connectivity index (χ4v) is 2.75. The van der Waals surface area contributed by atoms with E-state index in [-0.39, 0.29) is 0 Å². The molecule has 3 rings (SSSR count). The Labute approximate surface area is 138 Å². The Morgan fingerprint density at radius 2 is 1.96 bits per heavy atom. The summed E-state index contributed by atoms with van der Waals surface area (Å²) in [6.07, 6.45) is -0.776. The molecule has 2 aromatic rings. The van der Waals surface area contributed by atoms with E-state index in [1.54, 1.807) is 0 Å². The number of nitrogens with one attached hydrogen (secondary N) is 1. The summed E-state index contributed by atoms with van der Waals surface area (Å²) in [4.78, 5) is 8.90. The summed E-state index contributed by atoms with van der Waals surface area (Å²) in [5, 5.41) is 16.3. The molecule has 0 radical (unpaired) electrons. The second-order valence-electron chi connectivity index (χ2n) is 5.08. The van der Waals surface area contributed by atoms with Crippen molar-refractivity contribution in [2.24, 2.45) is 0 Å². The number of aromatic nitrogens is 2. The van der Waals surface area contributed by atoms with Crippen LogP contribution in [0.2, 0.25) is 0 Å². The SMILES string of the molecule is Brc1ccc2c(cnn2C2CCNCC2)c1.O=C(O)C(F)(F)F. The van der Waals surface area contributed by atoms with Crippen LogP contribution in [0.15, 0.2) is 28.9 Å². The Bertz CT molecular complexity index is 681. The zero-order valence-electron chi connectivity index (χ0n) is 12.0. The standard InChI is InChI=1S/C12H14BrN3.C2HF3O2/c13-10-1-2-12-9(7-10)8-15-16(12)11-3-5-14-6-4-11;3-2(4,5)1(6)7/h1-2,7-8,11,14H,3-6H2;(H,6,7). The summed E-state index contributed by atoms with van der Waals surface area (Å²) in [6.45, 7) is 2.20. The molecule has 1 aromatic carbocycles. The third-order valence-corrected chi connectivity index (χ3v) is 3.95. The lowest BCUT2D eigenvalue weighted by Gasteiger charge is -2.23. The maximum Gasteiger partial charge on any atom is 0.490 e.